The Bertz CT molecular complexity index is 747. The number of carbonyl (C=O) groups excluding carboxylic acids is 1. The Morgan fingerprint density at radius 1 is 1.26 bits per heavy atom. The Morgan fingerprint density at radius 3 is 2.78 bits per heavy atom. The van der Waals surface area contributed by atoms with Crippen molar-refractivity contribution in [3.05, 3.63) is 51.0 Å². The van der Waals surface area contributed by atoms with Gasteiger partial charge in [0.05, 0.1) is 10.9 Å². The van der Waals surface area contributed by atoms with E-state index in [1.807, 2.05) is 37.0 Å². The predicted molar refractivity (Wildman–Crippen MR) is 98.5 cm³/mol. The molecule has 0 spiro atoms. The lowest BCUT2D eigenvalue weighted by molar-refractivity contribution is 0.0937. The van der Waals surface area contributed by atoms with Crippen LogP contribution < -0.4 is 5.32 Å². The SMILES string of the molecule is CN(C)C(CNC(=O)c1csc(-c2cccs2)n1)c1ccsc1. The van der Waals surface area contributed by atoms with Crippen molar-refractivity contribution >= 4 is 39.9 Å². The average molecular weight is 364 g/mol. The third-order valence-corrected chi connectivity index (χ3v) is 6.06. The van der Waals surface area contributed by atoms with Crippen molar-refractivity contribution in [3.63, 3.8) is 0 Å². The minimum atomic E-state index is -0.119. The number of thiophene rings is 2. The number of hydrogen-bond donors (Lipinski definition) is 1. The fourth-order valence-electron chi connectivity index (χ4n) is 2.23. The van der Waals surface area contributed by atoms with E-state index in [0.29, 0.717) is 12.2 Å². The van der Waals surface area contributed by atoms with Crippen molar-refractivity contribution in [3.8, 4) is 9.88 Å². The lowest BCUT2D eigenvalue weighted by Crippen LogP contribution is -2.34. The number of carbonyl (C=O) groups is 1. The van der Waals surface area contributed by atoms with Gasteiger partial charge in [-0.05, 0) is 47.9 Å². The molecule has 7 heteroatoms. The zero-order chi connectivity index (χ0) is 16.2. The van der Waals surface area contributed by atoms with E-state index in [0.717, 1.165) is 9.88 Å². The van der Waals surface area contributed by atoms with Crippen LogP contribution in [0.3, 0.4) is 0 Å². The highest BCUT2D eigenvalue weighted by Gasteiger charge is 2.18. The molecule has 120 valence electrons. The van der Waals surface area contributed by atoms with Crippen LogP contribution in [0.2, 0.25) is 0 Å². The van der Waals surface area contributed by atoms with Crippen molar-refractivity contribution in [2.75, 3.05) is 20.6 Å². The van der Waals surface area contributed by atoms with E-state index in [4.69, 9.17) is 0 Å². The zero-order valence-corrected chi connectivity index (χ0v) is 15.3. The van der Waals surface area contributed by atoms with Gasteiger partial charge in [0, 0.05) is 11.9 Å². The van der Waals surface area contributed by atoms with Gasteiger partial charge in [-0.2, -0.15) is 11.3 Å². The lowest BCUT2D eigenvalue weighted by atomic mass is 10.1. The molecular formula is C16H17N3OS3. The molecule has 23 heavy (non-hydrogen) atoms. The second-order valence-electron chi connectivity index (χ2n) is 5.26. The summed E-state index contributed by atoms with van der Waals surface area (Å²) in [6.07, 6.45) is 0. The second-order valence-corrected chi connectivity index (χ2v) is 7.85. The monoisotopic (exact) mass is 363 g/mol. The average Bonchev–Trinajstić information content (AvgIpc) is 3.27. The molecule has 1 unspecified atom stereocenters. The normalized spacial score (nSPS) is 12.5. The van der Waals surface area contributed by atoms with Gasteiger partial charge in [-0.25, -0.2) is 4.98 Å². The molecule has 1 amide bonds. The first kappa shape index (κ1) is 16.3. The van der Waals surface area contributed by atoms with Crippen LogP contribution in [-0.4, -0.2) is 36.4 Å². The summed E-state index contributed by atoms with van der Waals surface area (Å²) in [5, 5.41) is 11.9. The minimum absolute atomic E-state index is 0.119. The number of nitrogens with one attached hydrogen (secondary N) is 1. The minimum Gasteiger partial charge on any atom is -0.349 e. The number of hydrogen-bond acceptors (Lipinski definition) is 6. The molecule has 4 nitrogen and oxygen atoms in total. The van der Waals surface area contributed by atoms with E-state index in [1.165, 1.54) is 16.9 Å². The van der Waals surface area contributed by atoms with Crippen LogP contribution in [-0.2, 0) is 0 Å². The summed E-state index contributed by atoms with van der Waals surface area (Å²) < 4.78 is 0. The van der Waals surface area contributed by atoms with E-state index in [-0.39, 0.29) is 11.9 Å². The number of nitrogens with zero attached hydrogens (tertiary/aromatic N) is 2. The summed E-state index contributed by atoms with van der Waals surface area (Å²) in [5.41, 5.74) is 1.71. The van der Waals surface area contributed by atoms with Crippen LogP contribution in [0.5, 0.6) is 0 Å². The smallest absolute Gasteiger partial charge is 0.270 e. The zero-order valence-electron chi connectivity index (χ0n) is 12.9. The molecule has 3 heterocycles. The highest BCUT2D eigenvalue weighted by molar-refractivity contribution is 7.20. The van der Waals surface area contributed by atoms with Gasteiger partial charge >= 0.3 is 0 Å². The van der Waals surface area contributed by atoms with Gasteiger partial charge in [-0.15, -0.1) is 22.7 Å². The van der Waals surface area contributed by atoms with Gasteiger partial charge in [0.25, 0.3) is 5.91 Å². The molecule has 1 atom stereocenters. The fraction of sp³-hybridized carbons (Fsp3) is 0.250. The maximum Gasteiger partial charge on any atom is 0.270 e. The van der Waals surface area contributed by atoms with Crippen LogP contribution in [0.15, 0.2) is 39.7 Å². The summed E-state index contributed by atoms with van der Waals surface area (Å²) in [4.78, 5) is 20.0. The molecule has 0 bridgehead atoms. The molecule has 0 aliphatic heterocycles. The number of amides is 1. The Kier molecular flexibility index (Phi) is 5.22. The molecule has 0 saturated carbocycles. The summed E-state index contributed by atoms with van der Waals surface area (Å²) in [7, 11) is 4.04. The van der Waals surface area contributed by atoms with Gasteiger partial charge in [-0.1, -0.05) is 6.07 Å². The molecule has 0 aliphatic carbocycles. The number of aromatic nitrogens is 1. The van der Waals surface area contributed by atoms with Crippen LogP contribution in [0.4, 0.5) is 0 Å². The van der Waals surface area contributed by atoms with E-state index >= 15 is 0 Å². The Balaban J connectivity index is 1.65. The highest BCUT2D eigenvalue weighted by atomic mass is 32.1. The van der Waals surface area contributed by atoms with Crippen molar-refractivity contribution in [2.24, 2.45) is 0 Å². The van der Waals surface area contributed by atoms with Crippen molar-refractivity contribution < 1.29 is 4.79 Å². The molecule has 0 radical (unpaired) electrons. The van der Waals surface area contributed by atoms with Crippen molar-refractivity contribution in [1.29, 1.82) is 0 Å². The fourth-order valence-corrected chi connectivity index (χ4v) is 4.56. The Labute approximate surface area is 147 Å². The van der Waals surface area contributed by atoms with Gasteiger partial charge < -0.3 is 10.2 Å². The first-order valence-electron chi connectivity index (χ1n) is 7.11. The highest BCUT2D eigenvalue weighted by Crippen LogP contribution is 2.27. The third kappa shape index (κ3) is 3.87. The molecule has 0 saturated heterocycles. The summed E-state index contributed by atoms with van der Waals surface area (Å²) in [6, 6.07) is 6.27. The molecule has 3 rings (SSSR count). The van der Waals surface area contributed by atoms with E-state index in [9.17, 15) is 4.79 Å². The van der Waals surface area contributed by atoms with E-state index < -0.39 is 0 Å². The van der Waals surface area contributed by atoms with E-state index in [1.54, 1.807) is 22.7 Å². The van der Waals surface area contributed by atoms with Gasteiger partial charge in [0.1, 0.15) is 10.7 Å². The lowest BCUT2D eigenvalue weighted by Gasteiger charge is -2.23. The first-order chi connectivity index (χ1) is 11.1. The molecule has 0 aliphatic rings. The molecule has 3 aromatic heterocycles. The topological polar surface area (TPSA) is 45.2 Å². The van der Waals surface area contributed by atoms with Crippen molar-refractivity contribution in [1.82, 2.24) is 15.2 Å². The van der Waals surface area contributed by atoms with E-state index in [2.05, 4.69) is 32.0 Å². The quantitative estimate of drug-likeness (QED) is 0.721. The third-order valence-electron chi connectivity index (χ3n) is 3.48. The largest absolute Gasteiger partial charge is 0.349 e. The van der Waals surface area contributed by atoms with Gasteiger partial charge in [0.15, 0.2) is 0 Å². The molecule has 3 aromatic rings. The van der Waals surface area contributed by atoms with Crippen LogP contribution in [0.25, 0.3) is 9.88 Å². The Morgan fingerprint density at radius 2 is 2.13 bits per heavy atom. The second kappa shape index (κ2) is 7.35. The maximum atomic E-state index is 12.3. The van der Waals surface area contributed by atoms with Crippen LogP contribution in [0, 0.1) is 0 Å². The number of thiazole rings is 1. The van der Waals surface area contributed by atoms with Crippen LogP contribution >= 0.6 is 34.0 Å². The summed E-state index contributed by atoms with van der Waals surface area (Å²) in [5.74, 6) is -0.119. The first-order valence-corrected chi connectivity index (χ1v) is 9.81. The molecule has 0 fully saturated rings. The predicted octanol–water partition coefficient (Wildman–Crippen LogP) is 3.97. The maximum absolute atomic E-state index is 12.3. The van der Waals surface area contributed by atoms with Gasteiger partial charge in [-0.3, -0.25) is 4.79 Å². The van der Waals surface area contributed by atoms with Gasteiger partial charge in [0.2, 0.25) is 0 Å². The Hall–Kier alpha value is -1.54. The molecule has 1 N–H and O–H groups in total. The molecular weight excluding hydrogens is 346 g/mol. The summed E-state index contributed by atoms with van der Waals surface area (Å²) in [6.45, 7) is 0.564. The standard InChI is InChI=1S/C16H17N3OS3/c1-19(2)13(11-5-7-21-9-11)8-17-15(20)12-10-23-16(18-12)14-4-3-6-22-14/h3-7,9-10,13H,8H2,1-2H3,(H,17,20). The van der Waals surface area contributed by atoms with Crippen molar-refractivity contribution in [2.45, 2.75) is 6.04 Å². The molecule has 0 aromatic carbocycles. The van der Waals surface area contributed by atoms with Crippen LogP contribution in [0.1, 0.15) is 22.1 Å². The number of likely N-dealkylation sites (N-methyl/N-ethyl adjacent to an activating group) is 1. The summed E-state index contributed by atoms with van der Waals surface area (Å²) >= 11 is 4.80. The number of rotatable bonds is 6.